The zero-order valence-electron chi connectivity index (χ0n) is 15.9. The number of ether oxygens (including phenoxy) is 1. The van der Waals surface area contributed by atoms with Gasteiger partial charge >= 0.3 is 0 Å². The lowest BCUT2D eigenvalue weighted by atomic mass is 9.87. The Morgan fingerprint density at radius 3 is 2.16 bits per heavy atom. The van der Waals surface area contributed by atoms with Gasteiger partial charge in [0, 0.05) is 0 Å². The Labute approximate surface area is 151 Å². The Morgan fingerprint density at radius 2 is 1.64 bits per heavy atom. The van der Waals surface area contributed by atoms with Crippen molar-refractivity contribution < 1.29 is 9.53 Å². The van der Waals surface area contributed by atoms with Crippen LogP contribution >= 0.6 is 0 Å². The average Bonchev–Trinajstić information content (AvgIpc) is 2.60. The summed E-state index contributed by atoms with van der Waals surface area (Å²) in [5.74, 6) is 0.640. The summed E-state index contributed by atoms with van der Waals surface area (Å²) in [6.45, 7) is 10.5. The van der Waals surface area contributed by atoms with Gasteiger partial charge in [-0.3, -0.25) is 4.79 Å². The first kappa shape index (κ1) is 19.0. The predicted molar refractivity (Wildman–Crippen MR) is 103 cm³/mol. The van der Waals surface area contributed by atoms with E-state index < -0.39 is 6.10 Å². The van der Waals surface area contributed by atoms with Gasteiger partial charge in [-0.2, -0.15) is 0 Å². The fourth-order valence-corrected chi connectivity index (χ4v) is 2.65. The van der Waals surface area contributed by atoms with Gasteiger partial charge in [0.25, 0.3) is 5.91 Å². The van der Waals surface area contributed by atoms with E-state index >= 15 is 0 Å². The number of benzene rings is 2. The van der Waals surface area contributed by atoms with Crippen molar-refractivity contribution in [3.8, 4) is 5.75 Å². The van der Waals surface area contributed by atoms with Crippen molar-refractivity contribution in [1.29, 1.82) is 0 Å². The van der Waals surface area contributed by atoms with Crippen LogP contribution in [0, 0.1) is 0 Å². The van der Waals surface area contributed by atoms with Crippen molar-refractivity contribution in [2.45, 2.75) is 58.6 Å². The summed E-state index contributed by atoms with van der Waals surface area (Å²) in [4.78, 5) is 12.6. The Hall–Kier alpha value is -2.29. The van der Waals surface area contributed by atoms with Gasteiger partial charge in [0.2, 0.25) is 0 Å². The number of carbonyl (C=O) groups excluding carboxylic acids is 1. The largest absolute Gasteiger partial charge is 0.481 e. The van der Waals surface area contributed by atoms with E-state index in [1.807, 2.05) is 56.3 Å². The molecule has 2 aromatic carbocycles. The molecule has 0 bridgehead atoms. The summed E-state index contributed by atoms with van der Waals surface area (Å²) in [6.07, 6.45) is 0.126. The lowest BCUT2D eigenvalue weighted by Gasteiger charge is -2.22. The second-order valence-electron chi connectivity index (χ2n) is 7.43. The molecule has 0 radical (unpaired) electrons. The summed E-state index contributed by atoms with van der Waals surface area (Å²) < 4.78 is 5.92. The fourth-order valence-electron chi connectivity index (χ4n) is 2.65. The minimum absolute atomic E-state index is 0.0467. The summed E-state index contributed by atoms with van der Waals surface area (Å²) in [5, 5.41) is 3.04. The van der Waals surface area contributed by atoms with Gasteiger partial charge in [-0.05, 0) is 42.0 Å². The van der Waals surface area contributed by atoms with E-state index in [9.17, 15) is 4.79 Å². The molecule has 2 aromatic rings. The smallest absolute Gasteiger partial charge is 0.261 e. The molecule has 0 unspecified atom stereocenters. The van der Waals surface area contributed by atoms with Crippen LogP contribution in [0.1, 0.15) is 58.2 Å². The molecule has 3 nitrogen and oxygen atoms in total. The van der Waals surface area contributed by atoms with Crippen LogP contribution in [0.2, 0.25) is 0 Å². The number of carbonyl (C=O) groups is 1. The molecule has 0 aliphatic carbocycles. The molecule has 2 rings (SSSR count). The topological polar surface area (TPSA) is 38.3 Å². The predicted octanol–water partition coefficient (Wildman–Crippen LogP) is 5.02. The molecule has 0 aromatic heterocycles. The van der Waals surface area contributed by atoms with E-state index in [0.717, 1.165) is 11.3 Å². The monoisotopic (exact) mass is 339 g/mol. The van der Waals surface area contributed by atoms with Gasteiger partial charge in [-0.25, -0.2) is 0 Å². The van der Waals surface area contributed by atoms with Crippen molar-refractivity contribution >= 4 is 5.91 Å². The molecule has 1 amide bonds. The summed E-state index contributed by atoms with van der Waals surface area (Å²) >= 11 is 0. The SMILES string of the molecule is CC[C@H](Oc1ccc(C(C)(C)C)cc1)C(=O)N[C@H](C)c1ccccc1. The van der Waals surface area contributed by atoms with Gasteiger partial charge in [-0.1, -0.05) is 70.2 Å². The molecule has 3 heteroatoms. The van der Waals surface area contributed by atoms with Gasteiger partial charge in [0.05, 0.1) is 6.04 Å². The summed E-state index contributed by atoms with van der Waals surface area (Å²) in [6, 6.07) is 17.9. The van der Waals surface area contributed by atoms with Crippen molar-refractivity contribution in [2.75, 3.05) is 0 Å². The van der Waals surface area contributed by atoms with Gasteiger partial charge in [-0.15, -0.1) is 0 Å². The number of rotatable bonds is 6. The number of hydrogen-bond acceptors (Lipinski definition) is 2. The third-order valence-corrected chi connectivity index (χ3v) is 4.32. The van der Waals surface area contributed by atoms with Crippen LogP contribution in [0.4, 0.5) is 0 Å². The number of nitrogens with one attached hydrogen (secondary N) is 1. The summed E-state index contributed by atoms with van der Waals surface area (Å²) in [7, 11) is 0. The Morgan fingerprint density at radius 1 is 1.04 bits per heavy atom. The molecule has 1 N–H and O–H groups in total. The van der Waals surface area contributed by atoms with Crippen LogP contribution in [-0.4, -0.2) is 12.0 Å². The Bertz CT molecular complexity index is 671. The van der Waals surface area contributed by atoms with E-state index in [1.165, 1.54) is 5.56 Å². The molecule has 0 saturated carbocycles. The maximum absolute atomic E-state index is 12.6. The van der Waals surface area contributed by atoms with Crippen LogP contribution < -0.4 is 10.1 Å². The highest BCUT2D eigenvalue weighted by Gasteiger charge is 2.21. The van der Waals surface area contributed by atoms with E-state index in [2.05, 4.69) is 38.2 Å². The molecule has 0 heterocycles. The Balaban J connectivity index is 2.00. The minimum atomic E-state index is -0.494. The van der Waals surface area contributed by atoms with Crippen molar-refractivity contribution in [3.05, 3.63) is 65.7 Å². The van der Waals surface area contributed by atoms with E-state index in [0.29, 0.717) is 6.42 Å². The van der Waals surface area contributed by atoms with E-state index in [-0.39, 0.29) is 17.4 Å². The molecule has 0 spiro atoms. The van der Waals surface area contributed by atoms with Gasteiger partial charge < -0.3 is 10.1 Å². The quantitative estimate of drug-likeness (QED) is 0.802. The third kappa shape index (κ3) is 5.35. The molecule has 0 fully saturated rings. The van der Waals surface area contributed by atoms with Crippen molar-refractivity contribution in [1.82, 2.24) is 5.32 Å². The number of amides is 1. The summed E-state index contributed by atoms with van der Waals surface area (Å²) in [5.41, 5.74) is 2.43. The third-order valence-electron chi connectivity index (χ3n) is 4.32. The maximum Gasteiger partial charge on any atom is 0.261 e. The van der Waals surface area contributed by atoms with Gasteiger partial charge in [0.15, 0.2) is 6.10 Å². The first-order valence-electron chi connectivity index (χ1n) is 8.93. The molecular formula is C22H29NO2. The highest BCUT2D eigenvalue weighted by molar-refractivity contribution is 5.81. The normalized spacial score (nSPS) is 13.8. The zero-order valence-corrected chi connectivity index (χ0v) is 15.9. The molecule has 134 valence electrons. The molecular weight excluding hydrogens is 310 g/mol. The highest BCUT2D eigenvalue weighted by Crippen LogP contribution is 2.25. The molecule has 25 heavy (non-hydrogen) atoms. The van der Waals surface area contributed by atoms with Crippen LogP contribution in [0.25, 0.3) is 0 Å². The maximum atomic E-state index is 12.6. The number of hydrogen-bond donors (Lipinski definition) is 1. The van der Waals surface area contributed by atoms with Crippen molar-refractivity contribution in [3.63, 3.8) is 0 Å². The van der Waals surface area contributed by atoms with Crippen LogP contribution in [-0.2, 0) is 10.2 Å². The van der Waals surface area contributed by atoms with E-state index in [4.69, 9.17) is 4.74 Å². The van der Waals surface area contributed by atoms with Crippen molar-refractivity contribution in [2.24, 2.45) is 0 Å². The molecule has 2 atom stereocenters. The van der Waals surface area contributed by atoms with Crippen LogP contribution in [0.5, 0.6) is 5.75 Å². The highest BCUT2D eigenvalue weighted by atomic mass is 16.5. The average molecular weight is 339 g/mol. The first-order valence-corrected chi connectivity index (χ1v) is 8.93. The molecule has 0 aliphatic rings. The standard InChI is InChI=1S/C22H29NO2/c1-6-20(21(24)23-16(2)17-10-8-7-9-11-17)25-19-14-12-18(13-15-19)22(3,4)5/h7-16,20H,6H2,1-5H3,(H,23,24)/t16-,20+/m1/s1. The molecule has 0 aliphatic heterocycles. The lowest BCUT2D eigenvalue weighted by molar-refractivity contribution is -0.128. The van der Waals surface area contributed by atoms with E-state index in [1.54, 1.807) is 0 Å². The van der Waals surface area contributed by atoms with Crippen LogP contribution in [0.3, 0.4) is 0 Å². The first-order chi connectivity index (χ1) is 11.8. The fraction of sp³-hybridized carbons (Fsp3) is 0.409. The second-order valence-corrected chi connectivity index (χ2v) is 7.43. The molecule has 0 saturated heterocycles. The Kier molecular flexibility index (Phi) is 6.24. The lowest BCUT2D eigenvalue weighted by Crippen LogP contribution is -2.39. The zero-order chi connectivity index (χ0) is 18.4. The second kappa shape index (κ2) is 8.19. The van der Waals surface area contributed by atoms with Crippen LogP contribution in [0.15, 0.2) is 54.6 Å². The van der Waals surface area contributed by atoms with Gasteiger partial charge in [0.1, 0.15) is 5.75 Å². The minimum Gasteiger partial charge on any atom is -0.481 e.